The first-order valence-electron chi connectivity index (χ1n) is 5.16. The van der Waals surface area contributed by atoms with Gasteiger partial charge in [-0.2, -0.15) is 4.31 Å². The first-order chi connectivity index (χ1) is 9.12. The Morgan fingerprint density at radius 2 is 1.75 bits per heavy atom. The van der Waals surface area contributed by atoms with E-state index in [0.717, 1.165) is 4.31 Å². The van der Waals surface area contributed by atoms with Gasteiger partial charge >= 0.3 is 0 Å². The lowest BCUT2D eigenvalue weighted by Gasteiger charge is -2.27. The zero-order valence-corrected chi connectivity index (χ0v) is 14.3. The fourth-order valence-electron chi connectivity index (χ4n) is 1.61. The Balaban J connectivity index is 2.42. The maximum absolute atomic E-state index is 12.5. The lowest BCUT2D eigenvalue weighted by Crippen LogP contribution is -2.41. The summed E-state index contributed by atoms with van der Waals surface area (Å²) in [6.45, 7) is -0.339. The van der Waals surface area contributed by atoms with Gasteiger partial charge in [-0.1, -0.05) is 58.2 Å². The molecule has 0 spiro atoms. The molecule has 0 amide bonds. The van der Waals surface area contributed by atoms with Gasteiger partial charge < -0.3 is 0 Å². The number of alkyl halides is 3. The highest BCUT2D eigenvalue weighted by Crippen LogP contribution is 2.45. The Morgan fingerprint density at radius 3 is 2.25 bits per heavy atom. The van der Waals surface area contributed by atoms with Gasteiger partial charge in [-0.3, -0.25) is 4.79 Å². The number of carbonyl (C=O) groups is 1. The third-order valence-electron chi connectivity index (χ3n) is 2.49. The van der Waals surface area contributed by atoms with Crippen LogP contribution in [-0.2, 0) is 14.8 Å². The summed E-state index contributed by atoms with van der Waals surface area (Å²) in [5.41, 5.74) is 0. The molecule has 0 saturated carbocycles. The third kappa shape index (κ3) is 3.38. The van der Waals surface area contributed by atoms with E-state index in [-0.39, 0.29) is 16.6 Å². The second kappa shape index (κ2) is 5.83. The molecule has 0 unspecified atom stereocenters. The molecule has 1 fully saturated rings. The van der Waals surface area contributed by atoms with Crippen LogP contribution >= 0.6 is 58.2 Å². The summed E-state index contributed by atoms with van der Waals surface area (Å²) in [5.74, 6) is 0. The fourth-order valence-corrected chi connectivity index (χ4v) is 5.45. The second-order valence-corrected chi connectivity index (χ2v) is 9.72. The maximum atomic E-state index is 12.5. The summed E-state index contributed by atoms with van der Waals surface area (Å²) < 4.78 is 24.0. The van der Waals surface area contributed by atoms with Crippen LogP contribution in [0.2, 0.25) is 5.02 Å². The van der Waals surface area contributed by atoms with Crippen LogP contribution < -0.4 is 0 Å². The highest BCUT2D eigenvalue weighted by molar-refractivity contribution is 8.15. The quantitative estimate of drug-likeness (QED) is 0.722. The van der Waals surface area contributed by atoms with Crippen molar-refractivity contribution in [3.63, 3.8) is 0 Å². The van der Waals surface area contributed by atoms with Gasteiger partial charge in [-0.15, -0.1) is 0 Å². The lowest BCUT2D eigenvalue weighted by molar-refractivity contribution is -0.110. The Hall–Kier alpha value is 0.310. The molecule has 110 valence electrons. The van der Waals surface area contributed by atoms with Crippen LogP contribution in [0.25, 0.3) is 0 Å². The van der Waals surface area contributed by atoms with Crippen molar-refractivity contribution in [3.05, 3.63) is 29.3 Å². The smallest absolute Gasteiger partial charge is 0.244 e. The van der Waals surface area contributed by atoms with Gasteiger partial charge in [0.2, 0.25) is 18.9 Å². The molecule has 0 bridgehead atoms. The van der Waals surface area contributed by atoms with Crippen molar-refractivity contribution in [3.8, 4) is 0 Å². The zero-order valence-electron chi connectivity index (χ0n) is 9.59. The normalized spacial score (nSPS) is 21.4. The van der Waals surface area contributed by atoms with Gasteiger partial charge in [0.1, 0.15) is 5.37 Å². The van der Waals surface area contributed by atoms with E-state index in [0.29, 0.717) is 16.8 Å². The number of hydrogen-bond donors (Lipinski definition) is 0. The molecule has 0 aliphatic carbocycles. The minimum Gasteiger partial charge on any atom is -0.286 e. The number of benzene rings is 1. The van der Waals surface area contributed by atoms with E-state index in [4.69, 9.17) is 46.4 Å². The SMILES string of the molecule is O=C1CN(S(=O)(=O)c2ccc(Cl)cc2)[C@H](C(Cl)(Cl)Cl)S1. The average Bonchev–Trinajstić information content (AvgIpc) is 2.72. The van der Waals surface area contributed by atoms with Gasteiger partial charge in [0.05, 0.1) is 11.4 Å². The minimum absolute atomic E-state index is 0.0172. The monoisotopic (exact) mass is 393 g/mol. The Bertz CT molecular complexity index is 627. The van der Waals surface area contributed by atoms with Crippen LogP contribution in [0.1, 0.15) is 0 Å². The van der Waals surface area contributed by atoms with Crippen molar-refractivity contribution >= 4 is 73.3 Å². The van der Waals surface area contributed by atoms with Crippen molar-refractivity contribution in [1.82, 2.24) is 4.31 Å². The largest absolute Gasteiger partial charge is 0.286 e. The van der Waals surface area contributed by atoms with Gasteiger partial charge in [0, 0.05) is 5.02 Å². The number of halogens is 4. The summed E-state index contributed by atoms with van der Waals surface area (Å²) in [4.78, 5) is 11.5. The van der Waals surface area contributed by atoms with E-state index in [1.165, 1.54) is 24.3 Å². The van der Waals surface area contributed by atoms with E-state index in [2.05, 4.69) is 0 Å². The molecule has 10 heteroatoms. The number of rotatable bonds is 2. The van der Waals surface area contributed by atoms with E-state index in [1.807, 2.05) is 0 Å². The third-order valence-corrected chi connectivity index (χ3v) is 6.93. The standard InChI is InChI=1S/C10H7Cl4NO3S2/c11-6-1-3-7(4-2-6)20(17,18)15-5-8(16)19-9(15)10(12,13)14/h1-4,9H,5H2/t9-/m0/s1. The van der Waals surface area contributed by atoms with Crippen molar-refractivity contribution < 1.29 is 13.2 Å². The predicted octanol–water partition coefficient (Wildman–Crippen LogP) is 3.30. The van der Waals surface area contributed by atoms with Crippen LogP contribution in [0.3, 0.4) is 0 Å². The van der Waals surface area contributed by atoms with Crippen molar-refractivity contribution in [2.45, 2.75) is 14.1 Å². The molecule has 20 heavy (non-hydrogen) atoms. The number of nitrogens with zero attached hydrogens (tertiary/aromatic N) is 1. The van der Waals surface area contributed by atoms with Crippen molar-refractivity contribution in [2.24, 2.45) is 0 Å². The second-order valence-electron chi connectivity index (χ2n) is 3.89. The topological polar surface area (TPSA) is 54.5 Å². The number of sulfonamides is 1. The Kier molecular flexibility index (Phi) is 4.87. The number of carbonyl (C=O) groups excluding carboxylic acids is 1. The predicted molar refractivity (Wildman–Crippen MR) is 82.0 cm³/mol. The van der Waals surface area contributed by atoms with Crippen LogP contribution in [0.15, 0.2) is 29.2 Å². The summed E-state index contributed by atoms with van der Waals surface area (Å²) in [6.07, 6.45) is 0. The molecular formula is C10H7Cl4NO3S2. The first kappa shape index (κ1) is 16.7. The summed E-state index contributed by atoms with van der Waals surface area (Å²) >= 11 is 23.7. The fraction of sp³-hybridized carbons (Fsp3) is 0.300. The van der Waals surface area contributed by atoms with Crippen molar-refractivity contribution in [2.75, 3.05) is 6.54 Å². The van der Waals surface area contributed by atoms with E-state index in [9.17, 15) is 13.2 Å². The molecule has 4 nitrogen and oxygen atoms in total. The zero-order chi connectivity index (χ0) is 15.1. The summed E-state index contributed by atoms with van der Waals surface area (Å²) in [7, 11) is -3.94. The van der Waals surface area contributed by atoms with Crippen LogP contribution in [0.5, 0.6) is 0 Å². The molecule has 0 N–H and O–H groups in total. The highest BCUT2D eigenvalue weighted by Gasteiger charge is 2.50. The molecule has 0 radical (unpaired) electrons. The van der Waals surface area contributed by atoms with Gasteiger partial charge in [-0.25, -0.2) is 8.42 Å². The Labute approximate surface area is 140 Å². The van der Waals surface area contributed by atoms with E-state index < -0.39 is 19.2 Å². The molecular weight excluding hydrogens is 388 g/mol. The van der Waals surface area contributed by atoms with Crippen LogP contribution in [0.4, 0.5) is 0 Å². The molecule has 2 rings (SSSR count). The molecule has 1 aromatic rings. The first-order valence-corrected chi connectivity index (χ1v) is 8.99. The van der Waals surface area contributed by atoms with Gasteiger partial charge in [-0.05, 0) is 24.3 Å². The molecule has 1 heterocycles. The summed E-state index contributed by atoms with van der Waals surface area (Å²) in [6, 6.07) is 5.54. The van der Waals surface area contributed by atoms with Crippen molar-refractivity contribution in [1.29, 1.82) is 0 Å². The van der Waals surface area contributed by atoms with Gasteiger partial charge in [0.15, 0.2) is 0 Å². The molecule has 1 aliphatic heterocycles. The number of hydrogen-bond acceptors (Lipinski definition) is 4. The number of thioether (sulfide) groups is 1. The molecule has 0 aromatic heterocycles. The van der Waals surface area contributed by atoms with Crippen LogP contribution in [-0.4, -0.2) is 33.5 Å². The molecule has 1 atom stereocenters. The molecule has 1 aromatic carbocycles. The van der Waals surface area contributed by atoms with Gasteiger partial charge in [0.25, 0.3) is 0 Å². The average molecular weight is 395 g/mol. The van der Waals surface area contributed by atoms with E-state index >= 15 is 0 Å². The van der Waals surface area contributed by atoms with Crippen LogP contribution in [0, 0.1) is 0 Å². The minimum atomic E-state index is -3.94. The highest BCUT2D eigenvalue weighted by atomic mass is 35.6. The molecule has 1 aliphatic rings. The maximum Gasteiger partial charge on any atom is 0.244 e. The Morgan fingerprint density at radius 1 is 1.20 bits per heavy atom. The molecule has 1 saturated heterocycles. The summed E-state index contributed by atoms with van der Waals surface area (Å²) in [5, 5.41) is -1.08. The lowest BCUT2D eigenvalue weighted by atomic mass is 10.4. The van der Waals surface area contributed by atoms with E-state index in [1.54, 1.807) is 0 Å².